The van der Waals surface area contributed by atoms with Crippen LogP contribution in [0.15, 0.2) is 47.4 Å². The van der Waals surface area contributed by atoms with Crippen molar-refractivity contribution in [2.75, 3.05) is 22.5 Å². The Kier molecular flexibility index (Phi) is 7.76. The summed E-state index contributed by atoms with van der Waals surface area (Å²) >= 11 is 1.59. The number of likely N-dealkylation sites (tertiary alicyclic amines) is 1. The second kappa shape index (κ2) is 11.2. The van der Waals surface area contributed by atoms with Crippen LogP contribution in [0.3, 0.4) is 0 Å². The summed E-state index contributed by atoms with van der Waals surface area (Å²) in [7, 11) is 0. The molecule has 8 nitrogen and oxygen atoms in total. The molecule has 2 amide bonds. The van der Waals surface area contributed by atoms with Gasteiger partial charge in [-0.05, 0) is 56.9 Å². The van der Waals surface area contributed by atoms with E-state index in [1.54, 1.807) is 23.9 Å². The van der Waals surface area contributed by atoms with Crippen molar-refractivity contribution in [3.63, 3.8) is 0 Å². The smallest absolute Gasteiger partial charge is 0.238 e. The summed E-state index contributed by atoms with van der Waals surface area (Å²) in [4.78, 5) is 30.0. The first-order valence-corrected chi connectivity index (χ1v) is 14.0. The Labute approximate surface area is 221 Å². The molecule has 0 radical (unpaired) electrons. The van der Waals surface area contributed by atoms with E-state index in [9.17, 15) is 14.0 Å². The fourth-order valence-corrected chi connectivity index (χ4v) is 6.41. The van der Waals surface area contributed by atoms with Gasteiger partial charge in [-0.25, -0.2) is 4.39 Å². The molecule has 3 aliphatic rings. The number of piperidine rings is 1. The van der Waals surface area contributed by atoms with Gasteiger partial charge in [0.15, 0.2) is 0 Å². The SMILES string of the molecule is CC[C@H]1CCCCN1C(=O)C[C@H](NC1Nc2ccccc2S1)C(=O)N[C@@H](C)C1Nc2cccc(F)c2N1. The van der Waals surface area contributed by atoms with E-state index in [-0.39, 0.29) is 47.8 Å². The fourth-order valence-electron chi connectivity index (χ4n) is 5.33. The molecule has 3 aliphatic heterocycles. The van der Waals surface area contributed by atoms with Crippen molar-refractivity contribution in [3.05, 3.63) is 48.3 Å². The largest absolute Gasteiger partial charge is 0.362 e. The Morgan fingerprint density at radius 2 is 1.92 bits per heavy atom. The summed E-state index contributed by atoms with van der Waals surface area (Å²) in [6.45, 7) is 4.71. The number of anilines is 3. The van der Waals surface area contributed by atoms with Gasteiger partial charge in [-0.3, -0.25) is 14.9 Å². The van der Waals surface area contributed by atoms with Gasteiger partial charge in [-0.1, -0.05) is 36.9 Å². The van der Waals surface area contributed by atoms with Gasteiger partial charge in [0.1, 0.15) is 17.5 Å². The number of benzene rings is 2. The maximum absolute atomic E-state index is 14.2. The summed E-state index contributed by atoms with van der Waals surface area (Å²) in [5.74, 6) is -0.602. The third-order valence-corrected chi connectivity index (χ3v) is 8.48. The number of nitrogens with one attached hydrogen (secondary N) is 5. The fraction of sp³-hybridized carbons (Fsp3) is 0.481. The van der Waals surface area contributed by atoms with E-state index in [1.807, 2.05) is 36.1 Å². The van der Waals surface area contributed by atoms with Crippen LogP contribution in [-0.4, -0.2) is 53.0 Å². The standard InChI is InChI=1S/C27H35FN6O2S/c1-3-17-9-6-7-14-34(17)23(35)15-21(32-27-31-19-11-4-5-13-22(19)37-27)26(36)29-16(2)25-30-20-12-8-10-18(28)24(20)33-25/h4-5,8,10-13,16-17,21,25,27,30-33H,3,6-7,9,14-15H2,1-2H3,(H,29,36)/t16-,17-,21-,25?,27?/m0/s1. The topological polar surface area (TPSA) is 97.5 Å². The Morgan fingerprint density at radius 3 is 2.70 bits per heavy atom. The molecule has 0 saturated carbocycles. The van der Waals surface area contributed by atoms with Gasteiger partial charge in [-0.2, -0.15) is 0 Å². The lowest BCUT2D eigenvalue weighted by molar-refractivity contribution is -0.138. The lowest BCUT2D eigenvalue weighted by Gasteiger charge is -2.36. The van der Waals surface area contributed by atoms with Gasteiger partial charge in [0.05, 0.1) is 29.9 Å². The highest BCUT2D eigenvalue weighted by Crippen LogP contribution is 2.37. The van der Waals surface area contributed by atoms with Crippen molar-refractivity contribution in [2.45, 2.75) is 80.6 Å². The Balaban J connectivity index is 1.27. The quantitative estimate of drug-likeness (QED) is 0.353. The van der Waals surface area contributed by atoms with Gasteiger partial charge in [0, 0.05) is 23.2 Å². The predicted molar refractivity (Wildman–Crippen MR) is 146 cm³/mol. The zero-order valence-corrected chi connectivity index (χ0v) is 22.0. The zero-order valence-electron chi connectivity index (χ0n) is 21.2. The number of halogens is 1. The Morgan fingerprint density at radius 1 is 1.11 bits per heavy atom. The van der Waals surface area contributed by atoms with Crippen molar-refractivity contribution in [2.24, 2.45) is 0 Å². The number of rotatable bonds is 8. The molecule has 2 unspecified atom stereocenters. The van der Waals surface area contributed by atoms with Crippen LogP contribution in [0.4, 0.5) is 21.5 Å². The lowest BCUT2D eigenvalue weighted by Crippen LogP contribution is -2.56. The minimum atomic E-state index is -0.728. The summed E-state index contributed by atoms with van der Waals surface area (Å²) in [5, 5.41) is 16.2. The van der Waals surface area contributed by atoms with E-state index in [2.05, 4.69) is 33.5 Å². The third-order valence-electron chi connectivity index (χ3n) is 7.38. The molecule has 0 bridgehead atoms. The van der Waals surface area contributed by atoms with Gasteiger partial charge in [0.2, 0.25) is 11.8 Å². The number of para-hydroxylation sites is 2. The average Bonchev–Trinajstić information content (AvgIpc) is 3.53. The summed E-state index contributed by atoms with van der Waals surface area (Å²) < 4.78 is 14.2. The van der Waals surface area contributed by atoms with Crippen molar-refractivity contribution in [1.29, 1.82) is 0 Å². The molecule has 2 aromatic rings. The van der Waals surface area contributed by atoms with Crippen molar-refractivity contribution in [1.82, 2.24) is 15.5 Å². The maximum atomic E-state index is 14.2. The molecule has 5 N–H and O–H groups in total. The van der Waals surface area contributed by atoms with Gasteiger partial charge < -0.3 is 26.2 Å². The van der Waals surface area contributed by atoms with Gasteiger partial charge in [0.25, 0.3) is 0 Å². The number of hydrogen-bond acceptors (Lipinski definition) is 7. The summed E-state index contributed by atoms with van der Waals surface area (Å²) in [6.07, 6.45) is 3.75. The molecule has 5 rings (SSSR count). The lowest BCUT2D eigenvalue weighted by atomic mass is 9.99. The number of amides is 2. The molecule has 0 aromatic heterocycles. The first kappa shape index (κ1) is 25.7. The molecule has 2 aromatic carbocycles. The molecule has 198 valence electrons. The Bertz CT molecular complexity index is 1120. The first-order valence-electron chi connectivity index (χ1n) is 13.1. The van der Waals surface area contributed by atoms with E-state index in [0.717, 1.165) is 42.8 Å². The normalized spacial score (nSPS) is 23.6. The highest BCUT2D eigenvalue weighted by molar-refractivity contribution is 8.00. The first-order chi connectivity index (χ1) is 17.9. The van der Waals surface area contributed by atoms with Crippen LogP contribution in [0.25, 0.3) is 0 Å². The molecule has 3 heterocycles. The molecule has 1 saturated heterocycles. The second-order valence-electron chi connectivity index (χ2n) is 9.93. The predicted octanol–water partition coefficient (Wildman–Crippen LogP) is 4.13. The van der Waals surface area contributed by atoms with E-state index in [0.29, 0.717) is 11.4 Å². The molecular formula is C27H35FN6O2S. The van der Waals surface area contributed by atoms with Crippen LogP contribution in [0.5, 0.6) is 0 Å². The summed E-state index contributed by atoms with van der Waals surface area (Å²) in [5.41, 5.74) is 1.83. The molecule has 37 heavy (non-hydrogen) atoms. The van der Waals surface area contributed by atoms with E-state index in [1.165, 1.54) is 6.07 Å². The van der Waals surface area contributed by atoms with Crippen LogP contribution in [0.1, 0.15) is 46.0 Å². The zero-order chi connectivity index (χ0) is 25.9. The van der Waals surface area contributed by atoms with Crippen LogP contribution in [-0.2, 0) is 9.59 Å². The average molecular weight is 527 g/mol. The number of carbonyl (C=O) groups excluding carboxylic acids is 2. The minimum Gasteiger partial charge on any atom is -0.362 e. The number of thioether (sulfide) groups is 1. The van der Waals surface area contributed by atoms with E-state index < -0.39 is 6.04 Å². The number of carbonyl (C=O) groups is 2. The Hall–Kier alpha value is -2.98. The number of nitrogens with zero attached hydrogens (tertiary/aromatic N) is 1. The molecule has 5 atom stereocenters. The van der Waals surface area contributed by atoms with Crippen molar-refractivity contribution >= 4 is 40.6 Å². The highest BCUT2D eigenvalue weighted by Gasteiger charge is 2.34. The third kappa shape index (κ3) is 5.65. The van der Waals surface area contributed by atoms with Gasteiger partial charge >= 0.3 is 0 Å². The maximum Gasteiger partial charge on any atom is 0.238 e. The van der Waals surface area contributed by atoms with E-state index >= 15 is 0 Å². The van der Waals surface area contributed by atoms with Crippen LogP contribution < -0.4 is 26.6 Å². The van der Waals surface area contributed by atoms with Crippen LogP contribution in [0.2, 0.25) is 0 Å². The van der Waals surface area contributed by atoms with Gasteiger partial charge in [-0.15, -0.1) is 0 Å². The summed E-state index contributed by atoms with van der Waals surface area (Å²) in [6, 6.07) is 12.0. The molecular weight excluding hydrogens is 491 g/mol. The minimum absolute atomic E-state index is 0.000966. The molecule has 0 aliphatic carbocycles. The highest BCUT2D eigenvalue weighted by atomic mass is 32.2. The van der Waals surface area contributed by atoms with Crippen LogP contribution in [0, 0.1) is 5.82 Å². The van der Waals surface area contributed by atoms with E-state index in [4.69, 9.17) is 0 Å². The van der Waals surface area contributed by atoms with Crippen molar-refractivity contribution < 1.29 is 14.0 Å². The number of hydrogen-bond donors (Lipinski definition) is 5. The molecule has 0 spiro atoms. The second-order valence-corrected chi connectivity index (χ2v) is 11.1. The number of fused-ring (bicyclic) bond motifs is 2. The molecule has 1 fully saturated rings. The van der Waals surface area contributed by atoms with Crippen LogP contribution >= 0.6 is 11.8 Å². The van der Waals surface area contributed by atoms with Crippen molar-refractivity contribution in [3.8, 4) is 0 Å². The monoisotopic (exact) mass is 526 g/mol. The molecule has 10 heteroatoms.